The molecule has 1 fully saturated rings. The Kier molecular flexibility index (Phi) is 12.6. The van der Waals surface area contributed by atoms with Gasteiger partial charge in [0.25, 0.3) is 0 Å². The molecule has 0 aromatic heterocycles. The normalized spacial score (nSPS) is 18.8. The van der Waals surface area contributed by atoms with Crippen LogP contribution in [-0.2, 0) is 19.1 Å². The Morgan fingerprint density at radius 1 is 0.919 bits per heavy atom. The molecular weight excluding hydrogens is 478 g/mol. The Morgan fingerprint density at radius 2 is 1.51 bits per heavy atom. The summed E-state index contributed by atoms with van der Waals surface area (Å²) < 4.78 is 10.6. The van der Waals surface area contributed by atoms with Gasteiger partial charge in [-0.3, -0.25) is 9.59 Å². The van der Waals surface area contributed by atoms with Crippen molar-refractivity contribution in [3.05, 3.63) is 0 Å². The predicted molar refractivity (Wildman–Crippen MR) is 142 cm³/mol. The summed E-state index contributed by atoms with van der Waals surface area (Å²) in [6, 6.07) is -1.43. The van der Waals surface area contributed by atoms with Crippen LogP contribution in [0.3, 0.4) is 0 Å². The molecule has 0 aromatic rings. The summed E-state index contributed by atoms with van der Waals surface area (Å²) in [4.78, 5) is 54.4. The molecule has 11 heteroatoms. The fourth-order valence-electron chi connectivity index (χ4n) is 3.94. The zero-order valence-electron chi connectivity index (χ0n) is 24.2. The van der Waals surface area contributed by atoms with Crippen molar-refractivity contribution in [3.63, 3.8) is 0 Å². The Morgan fingerprint density at radius 3 is 2.08 bits per heavy atom. The molecule has 0 spiro atoms. The second-order valence-corrected chi connectivity index (χ2v) is 12.1. The summed E-state index contributed by atoms with van der Waals surface area (Å²) >= 11 is 0. The summed E-state index contributed by atoms with van der Waals surface area (Å²) in [5, 5.41) is 8.33. The topological polar surface area (TPSA) is 129 Å². The maximum atomic E-state index is 13.6. The van der Waals surface area contributed by atoms with Crippen LogP contribution in [0.4, 0.5) is 9.59 Å². The van der Waals surface area contributed by atoms with E-state index in [1.165, 1.54) is 0 Å². The van der Waals surface area contributed by atoms with Gasteiger partial charge >= 0.3 is 12.2 Å². The molecule has 37 heavy (non-hydrogen) atoms. The first-order chi connectivity index (χ1) is 17.0. The highest BCUT2D eigenvalue weighted by Gasteiger charge is 2.40. The number of alkyl carbamates (subject to hydrolysis) is 2. The van der Waals surface area contributed by atoms with Crippen molar-refractivity contribution >= 4 is 24.0 Å². The monoisotopic (exact) mass is 527 g/mol. The quantitative estimate of drug-likeness (QED) is 0.352. The van der Waals surface area contributed by atoms with Gasteiger partial charge in [0.15, 0.2) is 0 Å². The van der Waals surface area contributed by atoms with Crippen LogP contribution in [0.5, 0.6) is 0 Å². The molecule has 4 amide bonds. The van der Waals surface area contributed by atoms with E-state index in [9.17, 15) is 19.2 Å². The lowest BCUT2D eigenvalue weighted by Crippen LogP contribution is -2.54. The molecule has 1 saturated heterocycles. The molecule has 1 aliphatic heterocycles. The number of nitrogens with zero attached hydrogens (tertiary/aromatic N) is 2. The molecule has 1 aliphatic rings. The van der Waals surface area contributed by atoms with Gasteiger partial charge in [0, 0.05) is 26.2 Å². The highest BCUT2D eigenvalue weighted by Crippen LogP contribution is 2.25. The summed E-state index contributed by atoms with van der Waals surface area (Å²) in [5.41, 5.74) is -1.30. The average molecular weight is 528 g/mol. The van der Waals surface area contributed by atoms with Crippen LogP contribution in [0.1, 0.15) is 74.1 Å². The van der Waals surface area contributed by atoms with Crippen molar-refractivity contribution in [2.45, 2.75) is 97.4 Å². The highest BCUT2D eigenvalue weighted by molar-refractivity contribution is 5.92. The fraction of sp³-hybridized carbons (Fsp3) is 0.846. The van der Waals surface area contributed by atoms with Gasteiger partial charge in [-0.25, -0.2) is 9.59 Å². The van der Waals surface area contributed by atoms with Crippen LogP contribution in [0.25, 0.3) is 0 Å². The number of amides is 4. The van der Waals surface area contributed by atoms with Gasteiger partial charge in [-0.1, -0.05) is 6.92 Å². The first kappa shape index (κ1) is 32.5. The SMILES string of the molecule is C[C@H]1C[C@@H](C(=O)NCCN(C)C)N(C(=O)[C@@H](CCCCNC(=O)OC(C)(C)C)NC(=O)OC(C)(C)C)C1. The van der Waals surface area contributed by atoms with Crippen LogP contribution < -0.4 is 16.0 Å². The first-order valence-electron chi connectivity index (χ1n) is 13.2. The van der Waals surface area contributed by atoms with Crippen LogP contribution in [0.15, 0.2) is 0 Å². The van der Waals surface area contributed by atoms with Crippen molar-refractivity contribution in [2.75, 3.05) is 40.3 Å². The van der Waals surface area contributed by atoms with Gasteiger partial charge in [-0.15, -0.1) is 0 Å². The molecular formula is C26H49N5O6. The van der Waals surface area contributed by atoms with Crippen molar-refractivity contribution in [3.8, 4) is 0 Å². The highest BCUT2D eigenvalue weighted by atomic mass is 16.6. The van der Waals surface area contributed by atoms with Gasteiger partial charge in [0.2, 0.25) is 11.8 Å². The number of hydrogen-bond acceptors (Lipinski definition) is 7. The minimum Gasteiger partial charge on any atom is -0.444 e. The number of unbranched alkanes of at least 4 members (excludes halogenated alkanes) is 1. The molecule has 214 valence electrons. The largest absolute Gasteiger partial charge is 0.444 e. The summed E-state index contributed by atoms with van der Waals surface area (Å²) in [6.45, 7) is 14.6. The molecule has 0 aromatic carbocycles. The number of ether oxygens (including phenoxy) is 2. The lowest BCUT2D eigenvalue weighted by Gasteiger charge is -2.29. The third-order valence-electron chi connectivity index (χ3n) is 5.53. The number of rotatable bonds is 11. The molecule has 1 rings (SSSR count). The van der Waals surface area contributed by atoms with Crippen molar-refractivity contribution in [1.82, 2.24) is 25.8 Å². The van der Waals surface area contributed by atoms with Crippen LogP contribution >= 0.6 is 0 Å². The van der Waals surface area contributed by atoms with Gasteiger partial charge in [-0.05, 0) is 87.2 Å². The van der Waals surface area contributed by atoms with Crippen LogP contribution in [0, 0.1) is 5.92 Å². The smallest absolute Gasteiger partial charge is 0.408 e. The number of likely N-dealkylation sites (tertiary alicyclic amines) is 1. The Balaban J connectivity index is 2.82. The first-order valence-corrected chi connectivity index (χ1v) is 13.2. The molecule has 0 saturated carbocycles. The zero-order chi connectivity index (χ0) is 28.4. The molecule has 0 aliphatic carbocycles. The lowest BCUT2D eigenvalue weighted by molar-refractivity contribution is -0.140. The van der Waals surface area contributed by atoms with E-state index in [1.807, 2.05) is 25.9 Å². The van der Waals surface area contributed by atoms with Crippen molar-refractivity contribution < 1.29 is 28.7 Å². The van der Waals surface area contributed by atoms with Gasteiger partial charge in [0.1, 0.15) is 23.3 Å². The van der Waals surface area contributed by atoms with E-state index in [1.54, 1.807) is 46.4 Å². The van der Waals surface area contributed by atoms with Crippen LogP contribution in [-0.4, -0.2) is 97.4 Å². The average Bonchev–Trinajstić information content (AvgIpc) is 3.11. The molecule has 3 N–H and O–H groups in total. The number of nitrogens with one attached hydrogen (secondary N) is 3. The third-order valence-corrected chi connectivity index (χ3v) is 5.53. The summed E-state index contributed by atoms with van der Waals surface area (Å²) in [6.07, 6.45) is 0.875. The van der Waals surface area contributed by atoms with Gasteiger partial charge in [-0.2, -0.15) is 0 Å². The number of hydrogen-bond donors (Lipinski definition) is 3. The molecule has 11 nitrogen and oxygen atoms in total. The van der Waals surface area contributed by atoms with Crippen molar-refractivity contribution in [2.24, 2.45) is 5.92 Å². The van der Waals surface area contributed by atoms with E-state index in [0.29, 0.717) is 51.9 Å². The van der Waals surface area contributed by atoms with E-state index < -0.39 is 35.5 Å². The Hall–Kier alpha value is -2.56. The lowest BCUT2D eigenvalue weighted by atomic mass is 10.1. The van der Waals surface area contributed by atoms with E-state index in [4.69, 9.17) is 9.47 Å². The second-order valence-electron chi connectivity index (χ2n) is 12.1. The fourth-order valence-corrected chi connectivity index (χ4v) is 3.94. The van der Waals surface area contributed by atoms with E-state index in [0.717, 1.165) is 0 Å². The number of carbonyl (C=O) groups is 4. The zero-order valence-corrected chi connectivity index (χ0v) is 24.2. The maximum Gasteiger partial charge on any atom is 0.408 e. The second kappa shape index (κ2) is 14.4. The van der Waals surface area contributed by atoms with Gasteiger partial charge < -0.3 is 35.2 Å². The van der Waals surface area contributed by atoms with E-state index in [2.05, 4.69) is 16.0 Å². The molecule has 3 atom stereocenters. The Labute approximate surface area is 222 Å². The molecule has 0 bridgehead atoms. The predicted octanol–water partition coefficient (Wildman–Crippen LogP) is 2.49. The molecule has 0 unspecified atom stereocenters. The number of likely N-dealkylation sites (N-methyl/N-ethyl adjacent to an activating group) is 1. The van der Waals surface area contributed by atoms with Crippen LogP contribution in [0.2, 0.25) is 0 Å². The molecule has 0 radical (unpaired) electrons. The summed E-state index contributed by atoms with van der Waals surface area (Å²) in [7, 11) is 3.85. The summed E-state index contributed by atoms with van der Waals surface area (Å²) in [5.74, 6) is -0.325. The maximum absolute atomic E-state index is 13.6. The van der Waals surface area contributed by atoms with Crippen molar-refractivity contribution in [1.29, 1.82) is 0 Å². The third kappa shape index (κ3) is 13.5. The Bertz CT molecular complexity index is 774. The van der Waals surface area contributed by atoms with Gasteiger partial charge in [0.05, 0.1) is 0 Å². The minimum atomic E-state index is -0.848. The number of carbonyl (C=O) groups excluding carboxylic acids is 4. The standard InChI is InChI=1S/C26H49N5O6/c1-18-16-20(21(32)27-14-15-30(8)9)31(17-18)22(33)19(29-24(35)37-26(5,6)7)12-10-11-13-28-23(34)36-25(2,3)4/h18-20H,10-17H2,1-9H3,(H,27,32)(H,28,34)(H,29,35)/t18-,19+,20-/m0/s1. The van der Waals surface area contributed by atoms with E-state index >= 15 is 0 Å². The minimum absolute atomic E-state index is 0.161. The van der Waals surface area contributed by atoms with E-state index in [-0.39, 0.29) is 17.7 Å². The molecule has 1 heterocycles.